The normalized spacial score (nSPS) is 11.4. The number of esters is 1. The van der Waals surface area contributed by atoms with Gasteiger partial charge in [-0.25, -0.2) is 4.79 Å². The van der Waals surface area contributed by atoms with E-state index in [0.29, 0.717) is 6.61 Å². The molecule has 2 nitrogen and oxygen atoms in total. The molecule has 0 bridgehead atoms. The van der Waals surface area contributed by atoms with E-state index >= 15 is 0 Å². The Morgan fingerprint density at radius 3 is 2.24 bits per heavy atom. The molecule has 0 aromatic heterocycles. The Bertz CT molecular complexity index is 229. The number of unbranched alkanes of at least 4 members (excludes halogenated alkanes) is 5. The molecule has 0 amide bonds. The summed E-state index contributed by atoms with van der Waals surface area (Å²) in [6.45, 7) is 4.46. The number of ether oxygens (including phenoxy) is 1. The van der Waals surface area contributed by atoms with Gasteiger partial charge in [-0.3, -0.25) is 0 Å². The van der Waals surface area contributed by atoms with Crippen molar-refractivity contribution in [2.45, 2.75) is 58.8 Å². The number of carbonyl (C=O) groups excluding carboxylic acids is 1. The third-order valence-electron chi connectivity index (χ3n) is 2.40. The highest BCUT2D eigenvalue weighted by atomic mass is 16.5. The fraction of sp³-hybridized carbons (Fsp3) is 0.667. The quantitative estimate of drug-likeness (QED) is 0.244. The van der Waals surface area contributed by atoms with Crippen LogP contribution in [-0.2, 0) is 9.53 Å². The van der Waals surface area contributed by atoms with E-state index in [-0.39, 0.29) is 5.97 Å². The molecule has 98 valence electrons. The van der Waals surface area contributed by atoms with Crippen molar-refractivity contribution in [3.63, 3.8) is 0 Å². The molecular weight excluding hydrogens is 212 g/mol. The number of hydrogen-bond donors (Lipinski definition) is 0. The van der Waals surface area contributed by atoms with E-state index in [9.17, 15) is 4.79 Å². The van der Waals surface area contributed by atoms with Gasteiger partial charge in [-0.2, -0.15) is 0 Å². The molecule has 0 atom stereocenters. The summed E-state index contributed by atoms with van der Waals surface area (Å²) in [5, 5.41) is 0. The first-order chi connectivity index (χ1) is 8.31. The summed E-state index contributed by atoms with van der Waals surface area (Å²) in [5.74, 6) is -0.227. The molecule has 0 aromatic rings. The van der Waals surface area contributed by atoms with Crippen LogP contribution in [0, 0.1) is 0 Å². The van der Waals surface area contributed by atoms with Crippen LogP contribution in [0.2, 0.25) is 0 Å². The van der Waals surface area contributed by atoms with Gasteiger partial charge in [-0.15, -0.1) is 0 Å². The highest BCUT2D eigenvalue weighted by molar-refractivity contribution is 5.81. The summed E-state index contributed by atoms with van der Waals surface area (Å²) in [7, 11) is 0. The van der Waals surface area contributed by atoms with Crippen molar-refractivity contribution in [3.8, 4) is 0 Å². The third-order valence-corrected chi connectivity index (χ3v) is 2.40. The van der Waals surface area contributed by atoms with Gasteiger partial charge in [0.25, 0.3) is 0 Å². The molecule has 0 aliphatic carbocycles. The third kappa shape index (κ3) is 12.9. The van der Waals surface area contributed by atoms with Crippen LogP contribution in [0.3, 0.4) is 0 Å². The molecule has 0 saturated carbocycles. The maximum absolute atomic E-state index is 11.0. The summed E-state index contributed by atoms with van der Waals surface area (Å²) < 4.78 is 4.79. The molecule has 0 heterocycles. The van der Waals surface area contributed by atoms with Crippen LogP contribution in [0.1, 0.15) is 58.8 Å². The van der Waals surface area contributed by atoms with E-state index in [1.807, 2.05) is 13.0 Å². The van der Waals surface area contributed by atoms with E-state index in [2.05, 4.69) is 19.1 Å². The van der Waals surface area contributed by atoms with Gasteiger partial charge < -0.3 is 4.74 Å². The fourth-order valence-electron chi connectivity index (χ4n) is 1.47. The zero-order valence-corrected chi connectivity index (χ0v) is 11.3. The van der Waals surface area contributed by atoms with Crippen molar-refractivity contribution < 1.29 is 9.53 Å². The molecule has 0 fully saturated rings. The highest BCUT2D eigenvalue weighted by Gasteiger charge is 1.92. The Labute approximate surface area is 106 Å². The lowest BCUT2D eigenvalue weighted by Gasteiger charge is -1.96. The van der Waals surface area contributed by atoms with E-state index in [4.69, 9.17) is 4.74 Å². The largest absolute Gasteiger partial charge is 0.463 e. The topological polar surface area (TPSA) is 26.3 Å². The molecule has 17 heavy (non-hydrogen) atoms. The molecule has 0 aliphatic heterocycles. The van der Waals surface area contributed by atoms with Crippen molar-refractivity contribution in [2.24, 2.45) is 0 Å². The molecular formula is C15H26O2. The minimum Gasteiger partial charge on any atom is -0.463 e. The van der Waals surface area contributed by atoms with Gasteiger partial charge in [0.15, 0.2) is 0 Å². The molecule has 0 saturated heterocycles. The lowest BCUT2D eigenvalue weighted by Crippen LogP contribution is -1.98. The Balaban J connectivity index is 3.26. The first-order valence-corrected chi connectivity index (χ1v) is 6.79. The second-order valence-corrected chi connectivity index (χ2v) is 4.05. The fourth-order valence-corrected chi connectivity index (χ4v) is 1.47. The minimum absolute atomic E-state index is 0.227. The molecule has 0 spiro atoms. The van der Waals surface area contributed by atoms with Gasteiger partial charge in [0, 0.05) is 6.08 Å². The zero-order chi connectivity index (χ0) is 12.8. The van der Waals surface area contributed by atoms with E-state index in [1.54, 1.807) is 0 Å². The number of carbonyl (C=O) groups is 1. The Morgan fingerprint density at radius 2 is 1.59 bits per heavy atom. The standard InChI is InChI=1S/C15H26O2/c1-3-5-6-7-8-9-10-11-12-13-14-15(16)17-4-2/h6-7,13-14H,3-5,8-12H2,1-2H3. The average molecular weight is 238 g/mol. The molecule has 0 rings (SSSR count). The molecule has 0 radical (unpaired) electrons. The predicted molar refractivity (Wildman–Crippen MR) is 72.9 cm³/mol. The van der Waals surface area contributed by atoms with Gasteiger partial charge in [0.05, 0.1) is 6.61 Å². The molecule has 0 N–H and O–H groups in total. The van der Waals surface area contributed by atoms with Crippen LogP contribution in [0.4, 0.5) is 0 Å². The first-order valence-electron chi connectivity index (χ1n) is 6.79. The Kier molecular flexibility index (Phi) is 12.2. The van der Waals surface area contributed by atoms with Gasteiger partial charge >= 0.3 is 5.97 Å². The van der Waals surface area contributed by atoms with Crippen LogP contribution in [0.15, 0.2) is 24.3 Å². The second kappa shape index (κ2) is 13.0. The van der Waals surface area contributed by atoms with Crippen molar-refractivity contribution in [2.75, 3.05) is 6.61 Å². The number of rotatable bonds is 10. The number of allylic oxidation sites excluding steroid dienone is 3. The van der Waals surface area contributed by atoms with E-state index in [1.165, 1.54) is 38.2 Å². The summed E-state index contributed by atoms with van der Waals surface area (Å²) in [4.78, 5) is 11.0. The van der Waals surface area contributed by atoms with Crippen molar-refractivity contribution in [1.82, 2.24) is 0 Å². The maximum atomic E-state index is 11.0. The minimum atomic E-state index is -0.227. The number of hydrogen-bond acceptors (Lipinski definition) is 2. The summed E-state index contributed by atoms with van der Waals surface area (Å²) in [6, 6.07) is 0. The highest BCUT2D eigenvalue weighted by Crippen LogP contribution is 2.05. The Morgan fingerprint density at radius 1 is 0.941 bits per heavy atom. The summed E-state index contributed by atoms with van der Waals surface area (Å²) in [6.07, 6.45) is 16.2. The van der Waals surface area contributed by atoms with Crippen molar-refractivity contribution in [1.29, 1.82) is 0 Å². The Hall–Kier alpha value is -1.05. The van der Waals surface area contributed by atoms with Gasteiger partial charge in [-0.05, 0) is 39.0 Å². The smallest absolute Gasteiger partial charge is 0.330 e. The van der Waals surface area contributed by atoms with Crippen molar-refractivity contribution in [3.05, 3.63) is 24.3 Å². The monoisotopic (exact) mass is 238 g/mol. The predicted octanol–water partition coefficient (Wildman–Crippen LogP) is 4.41. The first kappa shape index (κ1) is 16.0. The van der Waals surface area contributed by atoms with Crippen LogP contribution >= 0.6 is 0 Å². The van der Waals surface area contributed by atoms with Gasteiger partial charge in [0.2, 0.25) is 0 Å². The SMILES string of the molecule is CCCC=CCCCCCC=CC(=O)OCC. The zero-order valence-electron chi connectivity index (χ0n) is 11.3. The lowest BCUT2D eigenvalue weighted by atomic mass is 10.1. The van der Waals surface area contributed by atoms with Gasteiger partial charge in [0.1, 0.15) is 0 Å². The van der Waals surface area contributed by atoms with Gasteiger partial charge in [-0.1, -0.05) is 38.0 Å². The maximum Gasteiger partial charge on any atom is 0.330 e. The molecule has 0 aliphatic rings. The van der Waals surface area contributed by atoms with Crippen LogP contribution < -0.4 is 0 Å². The molecule has 0 aromatic carbocycles. The molecule has 2 heteroatoms. The van der Waals surface area contributed by atoms with Crippen molar-refractivity contribution >= 4 is 5.97 Å². The molecule has 0 unspecified atom stereocenters. The van der Waals surface area contributed by atoms with Crippen LogP contribution in [0.5, 0.6) is 0 Å². The van der Waals surface area contributed by atoms with Crippen LogP contribution in [0.25, 0.3) is 0 Å². The summed E-state index contributed by atoms with van der Waals surface area (Å²) in [5.41, 5.74) is 0. The lowest BCUT2D eigenvalue weighted by molar-refractivity contribution is -0.137. The van der Waals surface area contributed by atoms with Crippen LogP contribution in [-0.4, -0.2) is 12.6 Å². The average Bonchev–Trinajstić information content (AvgIpc) is 2.32. The van der Waals surface area contributed by atoms with E-state index < -0.39 is 0 Å². The summed E-state index contributed by atoms with van der Waals surface area (Å²) >= 11 is 0. The van der Waals surface area contributed by atoms with E-state index in [0.717, 1.165) is 12.8 Å². The second-order valence-electron chi connectivity index (χ2n) is 4.05.